The lowest BCUT2D eigenvalue weighted by Gasteiger charge is -2.29. The molecule has 32 heavy (non-hydrogen) atoms. The number of anilines is 1. The number of carbonyl (C=O) groups is 1. The van der Waals surface area contributed by atoms with Crippen molar-refractivity contribution in [1.29, 1.82) is 0 Å². The fourth-order valence-electron chi connectivity index (χ4n) is 3.35. The zero-order valence-corrected chi connectivity index (χ0v) is 19.0. The zero-order valence-electron chi connectivity index (χ0n) is 17.4. The van der Waals surface area contributed by atoms with Crippen molar-refractivity contribution in [1.82, 2.24) is 9.62 Å². The fourth-order valence-corrected chi connectivity index (χ4v) is 5.68. The molecule has 0 spiro atoms. The molecule has 0 bridgehead atoms. The van der Waals surface area contributed by atoms with Crippen LogP contribution in [0.5, 0.6) is 5.75 Å². The van der Waals surface area contributed by atoms with Crippen molar-refractivity contribution >= 4 is 31.8 Å². The van der Waals surface area contributed by atoms with Crippen molar-refractivity contribution in [3.63, 3.8) is 0 Å². The van der Waals surface area contributed by atoms with Crippen molar-refractivity contribution in [3.05, 3.63) is 48.5 Å². The molecule has 0 radical (unpaired) electrons. The summed E-state index contributed by atoms with van der Waals surface area (Å²) < 4.78 is 60.9. The Morgan fingerprint density at radius 3 is 2.28 bits per heavy atom. The maximum Gasteiger partial charge on any atom is 0.407 e. The minimum atomic E-state index is -4.03. The van der Waals surface area contributed by atoms with Gasteiger partial charge in [0.15, 0.2) is 0 Å². The molecule has 0 aliphatic carbocycles. The molecule has 1 heterocycles. The number of nitrogens with one attached hydrogen (secondary N) is 2. The maximum atomic E-state index is 12.8. The van der Waals surface area contributed by atoms with Crippen LogP contribution >= 0.6 is 0 Å². The molecule has 1 fully saturated rings. The van der Waals surface area contributed by atoms with Crippen molar-refractivity contribution in [2.75, 3.05) is 31.5 Å². The normalized spacial score (nSPS) is 15.3. The predicted molar refractivity (Wildman–Crippen MR) is 118 cm³/mol. The molecule has 3 N–H and O–H groups in total. The number of piperidine rings is 1. The first-order valence-electron chi connectivity index (χ1n) is 9.85. The van der Waals surface area contributed by atoms with Gasteiger partial charge in [-0.15, -0.1) is 0 Å². The molecular formula is C20H25N3O7S2. The van der Waals surface area contributed by atoms with Crippen LogP contribution < -0.4 is 14.2 Å². The van der Waals surface area contributed by atoms with E-state index >= 15 is 0 Å². The number of benzene rings is 2. The van der Waals surface area contributed by atoms with Gasteiger partial charge >= 0.3 is 6.09 Å². The molecule has 1 saturated heterocycles. The minimum Gasteiger partial charge on any atom is -0.497 e. The Morgan fingerprint density at radius 2 is 1.66 bits per heavy atom. The van der Waals surface area contributed by atoms with Gasteiger partial charge < -0.3 is 14.7 Å². The quantitative estimate of drug-likeness (QED) is 0.522. The highest BCUT2D eigenvalue weighted by molar-refractivity contribution is 7.93. The van der Waals surface area contributed by atoms with E-state index < -0.39 is 26.1 Å². The molecule has 0 unspecified atom stereocenters. The van der Waals surface area contributed by atoms with Crippen molar-refractivity contribution < 1.29 is 31.5 Å². The van der Waals surface area contributed by atoms with Crippen LogP contribution in [0, 0.1) is 5.92 Å². The van der Waals surface area contributed by atoms with Crippen LogP contribution in [0.15, 0.2) is 58.3 Å². The number of ether oxygens (including phenoxy) is 1. The van der Waals surface area contributed by atoms with Crippen molar-refractivity contribution in [2.24, 2.45) is 5.92 Å². The lowest BCUT2D eigenvalue weighted by atomic mass is 9.97. The van der Waals surface area contributed by atoms with Gasteiger partial charge in [0.1, 0.15) is 5.75 Å². The van der Waals surface area contributed by atoms with E-state index in [1.807, 2.05) is 0 Å². The lowest BCUT2D eigenvalue weighted by molar-refractivity contribution is 0.125. The van der Waals surface area contributed by atoms with Gasteiger partial charge in [-0.2, -0.15) is 0 Å². The summed E-state index contributed by atoms with van der Waals surface area (Å²) in [5.41, 5.74) is 0.281. The Morgan fingerprint density at radius 1 is 1.03 bits per heavy atom. The van der Waals surface area contributed by atoms with Crippen LogP contribution in [0.4, 0.5) is 10.5 Å². The van der Waals surface area contributed by atoms with Crippen molar-refractivity contribution in [2.45, 2.75) is 22.6 Å². The minimum absolute atomic E-state index is 0.00187. The molecule has 0 aromatic heterocycles. The van der Waals surface area contributed by atoms with Crippen LogP contribution in [-0.2, 0) is 20.0 Å². The van der Waals surface area contributed by atoms with Crippen LogP contribution in [0.3, 0.4) is 0 Å². The Kier molecular flexibility index (Phi) is 7.26. The second-order valence-corrected chi connectivity index (χ2v) is 10.8. The lowest BCUT2D eigenvalue weighted by Crippen LogP contribution is -2.40. The second kappa shape index (κ2) is 9.76. The first kappa shape index (κ1) is 23.8. The zero-order chi connectivity index (χ0) is 23.4. The Balaban J connectivity index is 1.69. The molecule has 10 nitrogen and oxygen atoms in total. The van der Waals surface area contributed by atoms with Gasteiger partial charge in [0.25, 0.3) is 10.0 Å². The highest BCUT2D eigenvalue weighted by Gasteiger charge is 2.25. The fraction of sp³-hybridized carbons (Fsp3) is 0.350. The summed E-state index contributed by atoms with van der Waals surface area (Å²) in [6, 6.07) is 11.4. The van der Waals surface area contributed by atoms with Gasteiger partial charge in [0.05, 0.1) is 22.6 Å². The number of amides is 1. The van der Waals surface area contributed by atoms with E-state index in [-0.39, 0.29) is 27.9 Å². The molecule has 0 saturated carbocycles. The van der Waals surface area contributed by atoms with E-state index in [2.05, 4.69) is 9.44 Å². The van der Waals surface area contributed by atoms with Gasteiger partial charge in [0.2, 0.25) is 10.0 Å². The summed E-state index contributed by atoms with van der Waals surface area (Å²) in [5.74, 6) is 0.474. The summed E-state index contributed by atoms with van der Waals surface area (Å²) in [4.78, 5) is 11.9. The standard InChI is InChI=1S/C20H25N3O7S2/c1-30-17-5-2-4-16(12-17)22-32(28,29)19-7-3-6-18(13-19)31(26,27)21-14-15-8-10-23(11-9-15)20(24)25/h2-7,12-13,15,21-22H,8-11,14H2,1H3,(H,24,25). The number of sulfonamides is 2. The summed E-state index contributed by atoms with van der Waals surface area (Å²) in [6.07, 6.45) is 0.117. The SMILES string of the molecule is COc1cccc(NS(=O)(=O)c2cccc(S(=O)(=O)NCC3CCN(C(=O)O)CC3)c2)c1. The predicted octanol–water partition coefficient (Wildman–Crippen LogP) is 2.16. The van der Waals surface area contributed by atoms with Crippen LogP contribution in [0.1, 0.15) is 12.8 Å². The van der Waals surface area contributed by atoms with Gasteiger partial charge in [0, 0.05) is 25.7 Å². The molecular weight excluding hydrogens is 458 g/mol. The summed E-state index contributed by atoms with van der Waals surface area (Å²) in [5, 5.41) is 9.00. The molecule has 2 aromatic rings. The smallest absolute Gasteiger partial charge is 0.407 e. The number of methoxy groups -OCH3 is 1. The number of hydrogen-bond donors (Lipinski definition) is 3. The third-order valence-electron chi connectivity index (χ3n) is 5.20. The average Bonchev–Trinajstić information content (AvgIpc) is 2.78. The van der Waals surface area contributed by atoms with Gasteiger partial charge in [-0.05, 0) is 49.1 Å². The van der Waals surface area contributed by atoms with E-state index in [4.69, 9.17) is 9.84 Å². The molecule has 2 aromatic carbocycles. The molecule has 1 aliphatic heterocycles. The molecule has 174 valence electrons. The third kappa shape index (κ3) is 5.90. The van der Waals surface area contributed by atoms with Gasteiger partial charge in [-0.1, -0.05) is 12.1 Å². The van der Waals surface area contributed by atoms with E-state index in [0.29, 0.717) is 31.7 Å². The van der Waals surface area contributed by atoms with Crippen LogP contribution in [0.2, 0.25) is 0 Å². The highest BCUT2D eigenvalue weighted by atomic mass is 32.2. The summed E-state index contributed by atoms with van der Waals surface area (Å²) in [6.45, 7) is 0.853. The largest absolute Gasteiger partial charge is 0.497 e. The highest BCUT2D eigenvalue weighted by Crippen LogP contribution is 2.23. The van der Waals surface area contributed by atoms with Crippen LogP contribution in [0.25, 0.3) is 0 Å². The van der Waals surface area contributed by atoms with E-state index in [0.717, 1.165) is 6.07 Å². The first-order valence-corrected chi connectivity index (χ1v) is 12.8. The molecule has 0 atom stereocenters. The monoisotopic (exact) mass is 483 g/mol. The molecule has 1 amide bonds. The number of likely N-dealkylation sites (tertiary alicyclic amines) is 1. The first-order chi connectivity index (χ1) is 15.1. The number of nitrogens with zero attached hydrogens (tertiary/aromatic N) is 1. The molecule has 1 aliphatic rings. The number of carboxylic acid groups (broad SMARTS) is 1. The Bertz CT molecular complexity index is 1180. The third-order valence-corrected chi connectivity index (χ3v) is 8.00. The molecule has 12 heteroatoms. The maximum absolute atomic E-state index is 12.8. The molecule has 3 rings (SSSR count). The van der Waals surface area contributed by atoms with E-state index in [1.165, 1.54) is 36.3 Å². The van der Waals surface area contributed by atoms with E-state index in [1.54, 1.807) is 18.2 Å². The Labute approximate surface area is 187 Å². The van der Waals surface area contributed by atoms with Crippen LogP contribution in [-0.4, -0.2) is 59.7 Å². The second-order valence-electron chi connectivity index (χ2n) is 7.38. The Hall–Kier alpha value is -2.83. The number of hydrogen-bond acceptors (Lipinski definition) is 6. The van der Waals surface area contributed by atoms with Gasteiger partial charge in [-0.25, -0.2) is 26.4 Å². The van der Waals surface area contributed by atoms with Crippen molar-refractivity contribution in [3.8, 4) is 5.75 Å². The van der Waals surface area contributed by atoms with E-state index in [9.17, 15) is 21.6 Å². The summed E-state index contributed by atoms with van der Waals surface area (Å²) >= 11 is 0. The van der Waals surface area contributed by atoms with Gasteiger partial charge in [-0.3, -0.25) is 4.72 Å². The average molecular weight is 484 g/mol. The number of rotatable bonds is 8. The summed E-state index contributed by atoms with van der Waals surface area (Å²) in [7, 11) is -6.51. The topological polar surface area (TPSA) is 142 Å².